The molecule has 3 aliphatic rings. The molecular weight excluding hydrogens is 708 g/mol. The zero-order valence-corrected chi connectivity index (χ0v) is 29.2. The molecule has 1 amide bonds. The lowest BCUT2D eigenvalue weighted by atomic mass is 10.2. The van der Waals surface area contributed by atoms with E-state index in [0.29, 0.717) is 75.6 Å². The lowest BCUT2D eigenvalue weighted by molar-refractivity contribution is -0.154. The van der Waals surface area contributed by atoms with E-state index in [2.05, 4.69) is 0 Å². The Morgan fingerprint density at radius 3 is 1.60 bits per heavy atom. The summed E-state index contributed by atoms with van der Waals surface area (Å²) in [7, 11) is 3.32. The number of carboxylic acids is 2. The molecule has 0 spiro atoms. The van der Waals surface area contributed by atoms with Crippen LogP contribution in [0, 0.1) is 0 Å². The first kappa shape index (κ1) is 37.7. The van der Waals surface area contributed by atoms with Gasteiger partial charge in [-0.05, 0) is 98.2 Å². The second-order valence-corrected chi connectivity index (χ2v) is 13.4. The molecule has 3 N–H and O–H groups in total. The first-order valence-electron chi connectivity index (χ1n) is 14.9. The molecule has 0 heterocycles. The van der Waals surface area contributed by atoms with E-state index in [4.69, 9.17) is 75.9 Å². The number of nitrogens with zero attached hydrogens (tertiary/aromatic N) is 1. The highest BCUT2D eigenvalue weighted by atomic mass is 35.5. The van der Waals surface area contributed by atoms with Crippen molar-refractivity contribution in [1.82, 2.24) is 0 Å². The van der Waals surface area contributed by atoms with E-state index >= 15 is 0 Å². The number of halogens is 4. The number of hydrogen-bond donors (Lipinski definition) is 3. The zero-order valence-electron chi connectivity index (χ0n) is 26.2. The third-order valence-corrected chi connectivity index (χ3v) is 9.29. The second-order valence-electron chi connectivity index (χ2n) is 11.7. The van der Waals surface area contributed by atoms with Gasteiger partial charge in [-0.1, -0.05) is 58.5 Å². The summed E-state index contributed by atoms with van der Waals surface area (Å²) in [4.78, 5) is 35.2. The fourth-order valence-electron chi connectivity index (χ4n) is 4.46. The average Bonchev–Trinajstić information content (AvgIpc) is 3.95. The van der Waals surface area contributed by atoms with Gasteiger partial charge in [0.05, 0.1) is 26.0 Å². The second kappa shape index (κ2) is 15.6. The number of likely N-dealkylation sites (N-methyl/N-ethyl adjacent to an activating group) is 1. The highest BCUT2D eigenvalue weighted by molar-refractivity contribution is 6.34. The van der Waals surface area contributed by atoms with Crippen molar-refractivity contribution < 1.29 is 43.9 Å². The van der Waals surface area contributed by atoms with Crippen molar-refractivity contribution in [2.45, 2.75) is 68.5 Å². The Morgan fingerprint density at radius 1 is 0.729 bits per heavy atom. The quantitative estimate of drug-likeness (QED) is 0.183. The number of carboxylic acid groups (broad SMARTS) is 2. The van der Waals surface area contributed by atoms with Crippen molar-refractivity contribution in [1.29, 1.82) is 0 Å². The molecule has 0 saturated heterocycles. The van der Waals surface area contributed by atoms with Gasteiger partial charge in [0, 0.05) is 27.1 Å². The SMILES string of the molecule is COc1ccccc1N(C)C(=O)C1(OCc2cc(Cl)ccc2Cl)CC1.O=C(O)C1(O)CC1.O=C(O)C1(OCc2cc(Cl)ccc2Cl)CC1. The van der Waals surface area contributed by atoms with Crippen LogP contribution in [0.25, 0.3) is 0 Å². The van der Waals surface area contributed by atoms with Crippen molar-refractivity contribution >= 4 is 69.9 Å². The van der Waals surface area contributed by atoms with Crippen LogP contribution >= 0.6 is 46.4 Å². The molecule has 0 unspecified atom stereocenters. The van der Waals surface area contributed by atoms with Crippen LogP contribution in [-0.2, 0) is 37.1 Å². The van der Waals surface area contributed by atoms with Crippen LogP contribution in [0.4, 0.5) is 5.69 Å². The number of carbonyl (C=O) groups is 3. The molecule has 14 heteroatoms. The Hall–Kier alpha value is -3.09. The van der Waals surface area contributed by atoms with E-state index in [9.17, 15) is 14.4 Å². The van der Waals surface area contributed by atoms with Gasteiger partial charge in [-0.15, -0.1) is 0 Å². The number of hydrogen-bond acceptors (Lipinski definition) is 7. The summed E-state index contributed by atoms with van der Waals surface area (Å²) >= 11 is 23.9. The van der Waals surface area contributed by atoms with Gasteiger partial charge >= 0.3 is 11.9 Å². The molecular formula is C34H35Cl4NO9. The maximum absolute atomic E-state index is 13.0. The maximum Gasteiger partial charge on any atom is 0.335 e. The van der Waals surface area contributed by atoms with Crippen molar-refractivity contribution in [3.05, 3.63) is 91.9 Å². The average molecular weight is 743 g/mol. The number of rotatable bonds is 11. The van der Waals surface area contributed by atoms with Gasteiger partial charge in [-0.3, -0.25) is 4.79 Å². The molecule has 3 aromatic carbocycles. The van der Waals surface area contributed by atoms with Crippen molar-refractivity contribution in [3.8, 4) is 5.75 Å². The Labute approximate surface area is 298 Å². The van der Waals surface area contributed by atoms with Gasteiger partial charge in [0.15, 0.2) is 11.2 Å². The predicted octanol–water partition coefficient (Wildman–Crippen LogP) is 7.44. The minimum absolute atomic E-state index is 0.0878. The van der Waals surface area contributed by atoms with Gasteiger partial charge in [-0.2, -0.15) is 0 Å². The lowest BCUT2D eigenvalue weighted by Crippen LogP contribution is -2.40. The number of para-hydroxylation sites is 2. The van der Waals surface area contributed by atoms with E-state index < -0.39 is 28.7 Å². The molecule has 3 aliphatic carbocycles. The molecule has 3 fully saturated rings. The number of ether oxygens (including phenoxy) is 3. The maximum atomic E-state index is 13.0. The molecule has 0 atom stereocenters. The predicted molar refractivity (Wildman–Crippen MR) is 182 cm³/mol. The number of amides is 1. The molecule has 0 aromatic heterocycles. The summed E-state index contributed by atoms with van der Waals surface area (Å²) in [5, 5.41) is 27.8. The number of benzene rings is 3. The largest absolute Gasteiger partial charge is 0.495 e. The topological polar surface area (TPSA) is 143 Å². The summed E-state index contributed by atoms with van der Waals surface area (Å²) in [6, 6.07) is 17.6. The van der Waals surface area contributed by atoms with Crippen LogP contribution in [0.1, 0.15) is 49.7 Å². The molecule has 6 rings (SSSR count). The molecule has 0 bridgehead atoms. The first-order chi connectivity index (χ1) is 22.6. The van der Waals surface area contributed by atoms with Crippen molar-refractivity contribution in [2.24, 2.45) is 0 Å². The van der Waals surface area contributed by atoms with E-state index in [1.807, 2.05) is 24.3 Å². The van der Waals surface area contributed by atoms with Gasteiger partial charge < -0.3 is 34.4 Å². The third-order valence-electron chi connectivity index (χ3n) is 8.08. The number of aliphatic carboxylic acids is 2. The number of carbonyl (C=O) groups excluding carboxylic acids is 1. The number of aliphatic hydroxyl groups is 1. The molecule has 10 nitrogen and oxygen atoms in total. The summed E-state index contributed by atoms with van der Waals surface area (Å²) in [5.41, 5.74) is -0.937. The van der Waals surface area contributed by atoms with Crippen LogP contribution in [0.2, 0.25) is 20.1 Å². The minimum atomic E-state index is -1.33. The van der Waals surface area contributed by atoms with E-state index in [0.717, 1.165) is 5.56 Å². The molecule has 48 heavy (non-hydrogen) atoms. The van der Waals surface area contributed by atoms with Crippen LogP contribution in [-0.4, -0.2) is 64.1 Å². The molecule has 258 valence electrons. The van der Waals surface area contributed by atoms with Gasteiger partial charge in [0.1, 0.15) is 11.4 Å². The number of anilines is 1. The highest BCUT2D eigenvalue weighted by Gasteiger charge is 2.53. The summed E-state index contributed by atoms with van der Waals surface area (Å²) in [6.07, 6.45) is 3.32. The van der Waals surface area contributed by atoms with Crippen LogP contribution in [0.5, 0.6) is 5.75 Å². The van der Waals surface area contributed by atoms with Crippen LogP contribution < -0.4 is 9.64 Å². The molecule has 0 radical (unpaired) electrons. The van der Waals surface area contributed by atoms with Crippen molar-refractivity contribution in [3.63, 3.8) is 0 Å². The van der Waals surface area contributed by atoms with Crippen LogP contribution in [0.3, 0.4) is 0 Å². The summed E-state index contributed by atoms with van der Waals surface area (Å²) in [5.74, 6) is -1.44. The number of methoxy groups -OCH3 is 1. The Morgan fingerprint density at radius 2 is 1.21 bits per heavy atom. The first-order valence-corrected chi connectivity index (χ1v) is 16.4. The smallest absolute Gasteiger partial charge is 0.335 e. The Bertz CT molecular complexity index is 1660. The van der Waals surface area contributed by atoms with E-state index in [-0.39, 0.29) is 19.1 Å². The van der Waals surface area contributed by atoms with E-state index in [1.165, 1.54) is 0 Å². The summed E-state index contributed by atoms with van der Waals surface area (Å²) in [6.45, 7) is 0.413. The fourth-order valence-corrected chi connectivity index (χ4v) is 5.19. The normalized spacial score (nSPS) is 17.0. The monoisotopic (exact) mass is 741 g/mol. The molecule has 3 aromatic rings. The van der Waals surface area contributed by atoms with Gasteiger partial charge in [-0.25, -0.2) is 9.59 Å². The third kappa shape index (κ3) is 9.53. The van der Waals surface area contributed by atoms with Crippen molar-refractivity contribution in [2.75, 3.05) is 19.1 Å². The minimum Gasteiger partial charge on any atom is -0.495 e. The van der Waals surface area contributed by atoms with Gasteiger partial charge in [0.2, 0.25) is 0 Å². The Kier molecular flexibility index (Phi) is 12.3. The van der Waals surface area contributed by atoms with Gasteiger partial charge in [0.25, 0.3) is 5.91 Å². The van der Waals surface area contributed by atoms with Crippen LogP contribution in [0.15, 0.2) is 60.7 Å². The van der Waals surface area contributed by atoms with E-state index in [1.54, 1.807) is 55.5 Å². The lowest BCUT2D eigenvalue weighted by Gasteiger charge is -2.25. The standard InChI is InChI=1S/C19H19Cl2NO3.C11H10Cl2O3.C4H6O3/c1-22(16-5-3-4-6-17(16)24-2)18(23)19(9-10-19)25-12-13-11-14(20)7-8-15(13)21;12-8-1-2-9(13)7(5-8)6-16-11(3-4-11)10(14)15;5-3(6)4(7)1-2-4/h3-8,11H,9-10,12H2,1-2H3;1-2,5H,3-4,6H2,(H,14,15);7H,1-2H2,(H,5,6). The Balaban J connectivity index is 0.000000191. The zero-order chi connectivity index (χ0) is 35.3. The summed E-state index contributed by atoms with van der Waals surface area (Å²) < 4.78 is 16.7. The highest BCUT2D eigenvalue weighted by Crippen LogP contribution is 2.44. The molecule has 3 saturated carbocycles. The fraction of sp³-hybridized carbons (Fsp3) is 0.382. The molecule has 0 aliphatic heterocycles.